The highest BCUT2D eigenvalue weighted by Crippen LogP contribution is 2.14. The van der Waals surface area contributed by atoms with Gasteiger partial charge >= 0.3 is 0 Å². The van der Waals surface area contributed by atoms with E-state index in [0.717, 1.165) is 16.0 Å². The van der Waals surface area contributed by atoms with Crippen molar-refractivity contribution in [2.75, 3.05) is 6.61 Å². The minimum Gasteiger partial charge on any atom is -0.384 e. The first kappa shape index (κ1) is 15.6. The number of rotatable bonds is 4. The number of carbonyl (C=O) groups excluding carboxylic acids is 1. The first-order chi connectivity index (χ1) is 10.2. The van der Waals surface area contributed by atoms with Crippen molar-refractivity contribution in [3.8, 4) is 11.8 Å². The van der Waals surface area contributed by atoms with E-state index in [4.69, 9.17) is 16.7 Å². The molecule has 1 heterocycles. The van der Waals surface area contributed by atoms with E-state index in [2.05, 4.69) is 17.2 Å². The van der Waals surface area contributed by atoms with Gasteiger partial charge in [-0.05, 0) is 23.8 Å². The summed E-state index contributed by atoms with van der Waals surface area (Å²) in [4.78, 5) is 12.9. The third-order valence-electron chi connectivity index (χ3n) is 2.70. The number of hydrogen-bond acceptors (Lipinski definition) is 3. The monoisotopic (exact) mass is 319 g/mol. The van der Waals surface area contributed by atoms with Gasteiger partial charge in [0.1, 0.15) is 6.61 Å². The van der Waals surface area contributed by atoms with Gasteiger partial charge in [-0.1, -0.05) is 35.6 Å². The summed E-state index contributed by atoms with van der Waals surface area (Å²) in [6, 6.07) is 9.15. The van der Waals surface area contributed by atoms with Crippen LogP contribution in [0.25, 0.3) is 0 Å². The molecule has 1 amide bonds. The van der Waals surface area contributed by atoms with Crippen LogP contribution in [0.1, 0.15) is 16.0 Å². The number of nitrogens with one attached hydrogen (secondary N) is 1. The van der Waals surface area contributed by atoms with E-state index >= 15 is 0 Å². The van der Waals surface area contributed by atoms with Gasteiger partial charge in [-0.25, -0.2) is 0 Å². The Morgan fingerprint density at radius 1 is 1.33 bits per heavy atom. The highest BCUT2D eigenvalue weighted by Gasteiger charge is 2.04. The minimum absolute atomic E-state index is 0.0336. The van der Waals surface area contributed by atoms with Gasteiger partial charge in [0.2, 0.25) is 5.91 Å². The largest absolute Gasteiger partial charge is 0.384 e. The molecule has 0 aliphatic rings. The summed E-state index contributed by atoms with van der Waals surface area (Å²) in [7, 11) is 0. The van der Waals surface area contributed by atoms with Gasteiger partial charge in [0.25, 0.3) is 0 Å². The lowest BCUT2D eigenvalue weighted by Crippen LogP contribution is -2.24. The molecule has 5 heteroatoms. The van der Waals surface area contributed by atoms with Crippen LogP contribution >= 0.6 is 22.9 Å². The van der Waals surface area contributed by atoms with Gasteiger partial charge in [-0.2, -0.15) is 0 Å². The highest BCUT2D eigenvalue weighted by atomic mass is 35.5. The van der Waals surface area contributed by atoms with E-state index in [1.165, 1.54) is 11.3 Å². The molecule has 0 fully saturated rings. The van der Waals surface area contributed by atoms with Gasteiger partial charge in [-0.15, -0.1) is 11.3 Å². The molecule has 0 spiro atoms. The predicted octanol–water partition coefficient (Wildman–Crippen LogP) is 2.60. The first-order valence-corrected chi connectivity index (χ1v) is 7.61. The molecular weight excluding hydrogens is 306 g/mol. The standard InChI is InChI=1S/C16H14ClNO2S/c17-14-5-3-12(4-6-14)9-16(20)18-10-15-8-13(11-21-15)2-1-7-19/h3-6,8,11,19H,7,9-10H2,(H,18,20). The van der Waals surface area contributed by atoms with Gasteiger partial charge in [-0.3, -0.25) is 4.79 Å². The second-order valence-corrected chi connectivity index (χ2v) is 5.77. The van der Waals surface area contributed by atoms with Gasteiger partial charge in [0.15, 0.2) is 0 Å². The first-order valence-electron chi connectivity index (χ1n) is 6.35. The van der Waals surface area contributed by atoms with Crippen LogP contribution < -0.4 is 5.32 Å². The molecule has 0 saturated carbocycles. The third-order valence-corrected chi connectivity index (χ3v) is 3.89. The SMILES string of the molecule is O=C(Cc1ccc(Cl)cc1)NCc1cc(C#CCO)cs1. The molecule has 0 unspecified atom stereocenters. The summed E-state index contributed by atoms with van der Waals surface area (Å²) in [5.74, 6) is 5.39. The zero-order valence-electron chi connectivity index (χ0n) is 11.2. The number of carbonyl (C=O) groups is 1. The lowest BCUT2D eigenvalue weighted by atomic mass is 10.1. The van der Waals surface area contributed by atoms with Crippen LogP contribution in [0.3, 0.4) is 0 Å². The lowest BCUT2D eigenvalue weighted by molar-refractivity contribution is -0.120. The van der Waals surface area contributed by atoms with Crippen LogP contribution in [0, 0.1) is 11.8 Å². The summed E-state index contributed by atoms with van der Waals surface area (Å²) >= 11 is 7.34. The van der Waals surface area contributed by atoms with E-state index in [9.17, 15) is 4.79 Å². The Balaban J connectivity index is 1.83. The zero-order valence-corrected chi connectivity index (χ0v) is 12.8. The molecule has 3 nitrogen and oxygen atoms in total. The molecule has 0 radical (unpaired) electrons. The molecule has 2 N–H and O–H groups in total. The van der Waals surface area contributed by atoms with Crippen molar-refractivity contribution in [3.63, 3.8) is 0 Å². The average Bonchev–Trinajstić information content (AvgIpc) is 2.93. The van der Waals surface area contributed by atoms with Crippen LogP contribution in [0.2, 0.25) is 5.02 Å². The normalized spacial score (nSPS) is 9.81. The summed E-state index contributed by atoms with van der Waals surface area (Å²) in [6.45, 7) is 0.334. The molecule has 1 aromatic carbocycles. The summed E-state index contributed by atoms with van der Waals surface area (Å²) < 4.78 is 0. The zero-order chi connectivity index (χ0) is 15.1. The molecule has 0 aliphatic heterocycles. The molecule has 108 valence electrons. The van der Waals surface area contributed by atoms with Crippen LogP contribution in [0.5, 0.6) is 0 Å². The number of benzene rings is 1. The number of hydrogen-bond donors (Lipinski definition) is 2. The molecule has 0 aliphatic carbocycles. The van der Waals surface area contributed by atoms with Crippen molar-refractivity contribution in [1.29, 1.82) is 0 Å². The Morgan fingerprint density at radius 3 is 2.81 bits per heavy atom. The number of amides is 1. The van der Waals surface area contributed by atoms with Crippen molar-refractivity contribution in [1.82, 2.24) is 5.32 Å². The van der Waals surface area contributed by atoms with Crippen molar-refractivity contribution in [2.24, 2.45) is 0 Å². The topological polar surface area (TPSA) is 49.3 Å². The maximum absolute atomic E-state index is 11.8. The van der Waals surface area contributed by atoms with Crippen molar-refractivity contribution < 1.29 is 9.90 Å². The molecular formula is C16H14ClNO2S. The molecule has 0 atom stereocenters. The quantitative estimate of drug-likeness (QED) is 0.851. The molecule has 21 heavy (non-hydrogen) atoms. The maximum atomic E-state index is 11.8. The molecule has 0 saturated heterocycles. The lowest BCUT2D eigenvalue weighted by Gasteiger charge is -2.04. The fourth-order valence-electron chi connectivity index (χ4n) is 1.72. The highest BCUT2D eigenvalue weighted by molar-refractivity contribution is 7.10. The Kier molecular flexibility index (Phi) is 5.82. The fraction of sp³-hybridized carbons (Fsp3) is 0.188. The Labute approximate surface area is 132 Å². The summed E-state index contributed by atoms with van der Waals surface area (Å²) in [5, 5.41) is 14.1. The van der Waals surface area contributed by atoms with E-state index in [0.29, 0.717) is 18.0 Å². The number of halogens is 1. The third kappa shape index (κ3) is 5.24. The summed E-state index contributed by atoms with van der Waals surface area (Å²) in [6.07, 6.45) is 0.333. The minimum atomic E-state index is -0.150. The summed E-state index contributed by atoms with van der Waals surface area (Å²) in [5.41, 5.74) is 1.79. The molecule has 2 aromatic rings. The van der Waals surface area contributed by atoms with Crippen LogP contribution in [-0.2, 0) is 17.8 Å². The maximum Gasteiger partial charge on any atom is 0.224 e. The average molecular weight is 320 g/mol. The van der Waals surface area contributed by atoms with Crippen molar-refractivity contribution in [3.05, 3.63) is 56.7 Å². The predicted molar refractivity (Wildman–Crippen MR) is 85.3 cm³/mol. The van der Waals surface area contributed by atoms with E-state index in [1.807, 2.05) is 23.6 Å². The van der Waals surface area contributed by atoms with Gasteiger partial charge in [0, 0.05) is 20.8 Å². The second-order valence-electron chi connectivity index (χ2n) is 4.34. The van der Waals surface area contributed by atoms with Crippen LogP contribution in [0.4, 0.5) is 0 Å². The van der Waals surface area contributed by atoms with E-state index < -0.39 is 0 Å². The van der Waals surface area contributed by atoms with E-state index in [1.54, 1.807) is 12.1 Å². The number of aliphatic hydroxyl groups is 1. The second kappa shape index (κ2) is 7.84. The molecule has 0 bridgehead atoms. The Bertz CT molecular complexity index is 668. The number of thiophene rings is 1. The Hall–Kier alpha value is -1.80. The van der Waals surface area contributed by atoms with Crippen LogP contribution in [0.15, 0.2) is 35.7 Å². The van der Waals surface area contributed by atoms with Gasteiger partial charge < -0.3 is 10.4 Å². The Morgan fingerprint density at radius 2 is 2.10 bits per heavy atom. The molecule has 1 aromatic heterocycles. The van der Waals surface area contributed by atoms with Crippen LogP contribution in [-0.4, -0.2) is 17.6 Å². The fourth-order valence-corrected chi connectivity index (χ4v) is 2.60. The van der Waals surface area contributed by atoms with E-state index in [-0.39, 0.29) is 12.5 Å². The van der Waals surface area contributed by atoms with Gasteiger partial charge in [0.05, 0.1) is 13.0 Å². The van der Waals surface area contributed by atoms with Crippen molar-refractivity contribution >= 4 is 28.8 Å². The molecule has 2 rings (SSSR count). The number of aliphatic hydroxyl groups excluding tert-OH is 1. The smallest absolute Gasteiger partial charge is 0.224 e. The van der Waals surface area contributed by atoms with Crippen molar-refractivity contribution in [2.45, 2.75) is 13.0 Å².